The van der Waals surface area contributed by atoms with Crippen LogP contribution < -0.4 is 10.6 Å². The Morgan fingerprint density at radius 2 is 1.48 bits per heavy atom. The number of nitrogens with one attached hydrogen (secondary N) is 2. The maximum absolute atomic E-state index is 12.1. The summed E-state index contributed by atoms with van der Waals surface area (Å²) in [5, 5.41) is 26.4. The van der Waals surface area contributed by atoms with Crippen LogP contribution in [0.5, 0.6) is 0 Å². The lowest BCUT2D eigenvalue weighted by Gasteiger charge is -2.24. The Balaban J connectivity index is 1.62. The third-order valence-electron chi connectivity index (χ3n) is 4.76. The Hall–Kier alpha value is -4.04. The Bertz CT molecular complexity index is 1100. The van der Waals surface area contributed by atoms with Gasteiger partial charge in [0.05, 0.1) is 11.5 Å². The molecule has 0 fully saturated rings. The van der Waals surface area contributed by atoms with E-state index in [1.165, 1.54) is 31.2 Å². The minimum Gasteiger partial charge on any atom is -0.384 e. The fraction of sp³-hybridized carbons (Fsp3) is 0.130. The molecule has 0 aliphatic carbocycles. The summed E-state index contributed by atoms with van der Waals surface area (Å²) in [6.45, 7) is 1.30. The standard InChI is InChI=1S/C23H21N3O5/c1-23(29,18-13-11-17(12-14-18)16-7-3-2-4-8-16)15-24-21(27)22(28)25-19-9-5-6-10-20(19)26(30)31/h2-14,29H,15H2,1H3,(H,24,27)(H,25,28). The lowest BCUT2D eigenvalue weighted by Crippen LogP contribution is -2.43. The number of benzene rings is 3. The normalized spacial score (nSPS) is 12.5. The predicted octanol–water partition coefficient (Wildman–Crippen LogP) is 3.22. The number of hydrogen-bond acceptors (Lipinski definition) is 5. The van der Waals surface area contributed by atoms with Gasteiger partial charge in [-0.3, -0.25) is 19.7 Å². The monoisotopic (exact) mass is 419 g/mol. The van der Waals surface area contributed by atoms with Crippen molar-refractivity contribution in [2.45, 2.75) is 12.5 Å². The molecule has 0 spiro atoms. The van der Waals surface area contributed by atoms with Crippen LogP contribution in [0.15, 0.2) is 78.9 Å². The van der Waals surface area contributed by atoms with Gasteiger partial charge in [-0.2, -0.15) is 0 Å². The topological polar surface area (TPSA) is 122 Å². The number of nitro benzene ring substituents is 1. The average molecular weight is 419 g/mol. The molecule has 0 aliphatic heterocycles. The van der Waals surface area contributed by atoms with E-state index in [9.17, 15) is 24.8 Å². The van der Waals surface area contributed by atoms with Crippen LogP contribution in [0.4, 0.5) is 11.4 Å². The molecule has 3 rings (SSSR count). The van der Waals surface area contributed by atoms with E-state index in [1.54, 1.807) is 12.1 Å². The molecular formula is C23H21N3O5. The van der Waals surface area contributed by atoms with E-state index in [4.69, 9.17) is 0 Å². The number of carbonyl (C=O) groups is 2. The molecule has 0 aromatic heterocycles. The molecule has 0 heterocycles. The van der Waals surface area contributed by atoms with Gasteiger partial charge >= 0.3 is 11.8 Å². The number of carbonyl (C=O) groups excluding carboxylic acids is 2. The summed E-state index contributed by atoms with van der Waals surface area (Å²) in [6.07, 6.45) is 0. The molecule has 8 nitrogen and oxygen atoms in total. The van der Waals surface area contributed by atoms with Crippen molar-refractivity contribution in [3.05, 3.63) is 94.5 Å². The average Bonchev–Trinajstić information content (AvgIpc) is 2.78. The molecule has 0 saturated carbocycles. The maximum atomic E-state index is 12.1. The molecule has 1 unspecified atom stereocenters. The van der Waals surface area contributed by atoms with Crippen molar-refractivity contribution in [1.29, 1.82) is 0 Å². The third-order valence-corrected chi connectivity index (χ3v) is 4.76. The Morgan fingerprint density at radius 3 is 2.13 bits per heavy atom. The number of para-hydroxylation sites is 2. The molecule has 3 aromatic rings. The zero-order valence-corrected chi connectivity index (χ0v) is 16.7. The summed E-state index contributed by atoms with van der Waals surface area (Å²) >= 11 is 0. The van der Waals surface area contributed by atoms with Crippen molar-refractivity contribution in [2.24, 2.45) is 0 Å². The van der Waals surface area contributed by atoms with E-state index in [-0.39, 0.29) is 17.9 Å². The molecule has 0 saturated heterocycles. The minimum absolute atomic E-state index is 0.0871. The van der Waals surface area contributed by atoms with Crippen molar-refractivity contribution < 1.29 is 19.6 Å². The molecule has 8 heteroatoms. The summed E-state index contributed by atoms with van der Waals surface area (Å²) in [4.78, 5) is 34.6. The molecule has 3 aromatic carbocycles. The van der Waals surface area contributed by atoms with Gasteiger partial charge in [0, 0.05) is 6.07 Å². The molecule has 2 amide bonds. The fourth-order valence-corrected chi connectivity index (χ4v) is 3.00. The second kappa shape index (κ2) is 9.19. The molecule has 0 aliphatic rings. The minimum atomic E-state index is -1.43. The molecule has 31 heavy (non-hydrogen) atoms. The first-order valence-electron chi connectivity index (χ1n) is 9.49. The summed E-state index contributed by atoms with van der Waals surface area (Å²) in [7, 11) is 0. The van der Waals surface area contributed by atoms with E-state index in [1.807, 2.05) is 42.5 Å². The number of hydrogen-bond donors (Lipinski definition) is 3. The van der Waals surface area contributed by atoms with Crippen LogP contribution in [0.2, 0.25) is 0 Å². The first-order chi connectivity index (χ1) is 14.8. The summed E-state index contributed by atoms with van der Waals surface area (Å²) < 4.78 is 0. The van der Waals surface area contributed by atoms with Crippen LogP contribution >= 0.6 is 0 Å². The van der Waals surface area contributed by atoms with Crippen molar-refractivity contribution in [3.8, 4) is 11.1 Å². The lowest BCUT2D eigenvalue weighted by atomic mass is 9.93. The van der Waals surface area contributed by atoms with E-state index in [2.05, 4.69) is 10.6 Å². The zero-order valence-electron chi connectivity index (χ0n) is 16.7. The van der Waals surface area contributed by atoms with Gasteiger partial charge in [-0.05, 0) is 29.7 Å². The van der Waals surface area contributed by atoms with E-state index in [0.717, 1.165) is 11.1 Å². The summed E-state index contributed by atoms with van der Waals surface area (Å²) in [5.74, 6) is -2.08. The van der Waals surface area contributed by atoms with Crippen LogP contribution in [-0.2, 0) is 15.2 Å². The van der Waals surface area contributed by atoms with Gasteiger partial charge in [0.2, 0.25) is 0 Å². The van der Waals surface area contributed by atoms with Gasteiger partial charge < -0.3 is 15.7 Å². The number of nitrogens with zero attached hydrogens (tertiary/aromatic N) is 1. The Kier molecular flexibility index (Phi) is 6.42. The van der Waals surface area contributed by atoms with Crippen molar-refractivity contribution in [2.75, 3.05) is 11.9 Å². The predicted molar refractivity (Wildman–Crippen MR) is 116 cm³/mol. The molecule has 158 valence electrons. The van der Waals surface area contributed by atoms with Crippen LogP contribution in [0.3, 0.4) is 0 Å². The fourth-order valence-electron chi connectivity index (χ4n) is 3.00. The van der Waals surface area contributed by atoms with E-state index < -0.39 is 22.3 Å². The number of rotatable bonds is 6. The molecular weight excluding hydrogens is 398 g/mol. The Labute approximate surface area is 178 Å². The van der Waals surface area contributed by atoms with Crippen LogP contribution in [0, 0.1) is 10.1 Å². The first-order valence-corrected chi connectivity index (χ1v) is 9.49. The lowest BCUT2D eigenvalue weighted by molar-refractivity contribution is -0.383. The number of aliphatic hydroxyl groups is 1. The Morgan fingerprint density at radius 1 is 0.903 bits per heavy atom. The first kappa shape index (κ1) is 21.7. The number of amides is 2. The van der Waals surface area contributed by atoms with Crippen molar-refractivity contribution >= 4 is 23.2 Å². The molecule has 1 atom stereocenters. The van der Waals surface area contributed by atoms with Gasteiger partial charge in [-0.15, -0.1) is 0 Å². The van der Waals surface area contributed by atoms with Gasteiger partial charge in [0.1, 0.15) is 11.3 Å². The van der Waals surface area contributed by atoms with Crippen LogP contribution in [-0.4, -0.2) is 28.4 Å². The van der Waals surface area contributed by atoms with Crippen molar-refractivity contribution in [1.82, 2.24) is 5.32 Å². The number of anilines is 1. The highest BCUT2D eigenvalue weighted by Gasteiger charge is 2.26. The highest BCUT2D eigenvalue weighted by Crippen LogP contribution is 2.25. The summed E-state index contributed by atoms with van der Waals surface area (Å²) in [6, 6.07) is 22.5. The second-order valence-corrected chi connectivity index (χ2v) is 7.13. The van der Waals surface area contributed by atoms with Gasteiger partial charge in [-0.25, -0.2) is 0 Å². The third kappa shape index (κ3) is 5.31. The second-order valence-electron chi connectivity index (χ2n) is 7.13. The number of nitro groups is 1. The molecule has 0 radical (unpaired) electrons. The van der Waals surface area contributed by atoms with E-state index in [0.29, 0.717) is 5.56 Å². The quantitative estimate of drug-likeness (QED) is 0.322. The van der Waals surface area contributed by atoms with Crippen LogP contribution in [0.25, 0.3) is 11.1 Å². The molecule has 0 bridgehead atoms. The highest BCUT2D eigenvalue weighted by atomic mass is 16.6. The van der Waals surface area contributed by atoms with Gasteiger partial charge in [0.25, 0.3) is 5.69 Å². The highest BCUT2D eigenvalue weighted by molar-refractivity contribution is 6.39. The molecule has 3 N–H and O–H groups in total. The largest absolute Gasteiger partial charge is 0.384 e. The van der Waals surface area contributed by atoms with Crippen LogP contribution in [0.1, 0.15) is 12.5 Å². The SMILES string of the molecule is CC(O)(CNC(=O)C(=O)Nc1ccccc1[N+](=O)[O-])c1ccc(-c2ccccc2)cc1. The van der Waals surface area contributed by atoms with E-state index >= 15 is 0 Å². The van der Waals surface area contributed by atoms with Gasteiger partial charge in [-0.1, -0.05) is 66.7 Å². The van der Waals surface area contributed by atoms with Crippen molar-refractivity contribution in [3.63, 3.8) is 0 Å². The maximum Gasteiger partial charge on any atom is 0.313 e. The zero-order chi connectivity index (χ0) is 22.4. The van der Waals surface area contributed by atoms with Gasteiger partial charge in [0.15, 0.2) is 0 Å². The smallest absolute Gasteiger partial charge is 0.313 e. The summed E-state index contributed by atoms with van der Waals surface area (Å²) in [5.41, 5.74) is 0.738.